The van der Waals surface area contributed by atoms with Gasteiger partial charge in [0.25, 0.3) is 5.91 Å². The van der Waals surface area contributed by atoms with E-state index in [2.05, 4.69) is 5.32 Å². The average Bonchev–Trinajstić information content (AvgIpc) is 2.66. The molecule has 0 heterocycles. The molecule has 0 aliphatic carbocycles. The Kier molecular flexibility index (Phi) is 5.88. The molecule has 3 aromatic rings. The third kappa shape index (κ3) is 5.38. The zero-order valence-electron chi connectivity index (χ0n) is 14.6. The van der Waals surface area contributed by atoms with E-state index in [4.69, 9.17) is 9.47 Å². The molecule has 0 saturated heterocycles. The zero-order valence-corrected chi connectivity index (χ0v) is 14.6. The van der Waals surface area contributed by atoms with Crippen LogP contribution in [0.5, 0.6) is 11.5 Å². The first-order valence-electron chi connectivity index (χ1n) is 8.45. The van der Waals surface area contributed by atoms with Crippen LogP contribution in [-0.4, -0.2) is 12.5 Å². The highest BCUT2D eigenvalue weighted by Gasteiger charge is 2.04. The number of aryl methyl sites for hydroxylation is 1. The van der Waals surface area contributed by atoms with Crippen molar-refractivity contribution in [3.8, 4) is 11.5 Å². The maximum absolute atomic E-state index is 12.0. The molecule has 0 atom stereocenters. The SMILES string of the molecule is Cc1cccc(NC(=O)COc2ccc(OCc3ccccc3)cc2)c1. The van der Waals surface area contributed by atoms with Crippen molar-refractivity contribution in [2.45, 2.75) is 13.5 Å². The Labute approximate surface area is 153 Å². The van der Waals surface area contributed by atoms with Crippen molar-refractivity contribution >= 4 is 11.6 Å². The van der Waals surface area contributed by atoms with Gasteiger partial charge in [0.15, 0.2) is 6.61 Å². The van der Waals surface area contributed by atoms with Crippen molar-refractivity contribution in [1.29, 1.82) is 0 Å². The van der Waals surface area contributed by atoms with Crippen molar-refractivity contribution in [2.24, 2.45) is 0 Å². The Morgan fingerprint density at radius 1 is 0.846 bits per heavy atom. The van der Waals surface area contributed by atoms with Gasteiger partial charge >= 0.3 is 0 Å². The predicted octanol–water partition coefficient (Wildman–Crippen LogP) is 4.59. The molecule has 0 aliphatic rings. The van der Waals surface area contributed by atoms with Crippen LogP contribution in [0.15, 0.2) is 78.9 Å². The van der Waals surface area contributed by atoms with Gasteiger partial charge in [0.2, 0.25) is 0 Å². The highest BCUT2D eigenvalue weighted by Crippen LogP contribution is 2.19. The number of amides is 1. The number of hydrogen-bond acceptors (Lipinski definition) is 3. The highest BCUT2D eigenvalue weighted by molar-refractivity contribution is 5.91. The molecule has 0 saturated carbocycles. The van der Waals surface area contributed by atoms with Crippen molar-refractivity contribution < 1.29 is 14.3 Å². The molecule has 0 spiro atoms. The molecule has 26 heavy (non-hydrogen) atoms. The summed E-state index contributed by atoms with van der Waals surface area (Å²) >= 11 is 0. The molecular formula is C22H21NO3. The summed E-state index contributed by atoms with van der Waals surface area (Å²) in [5, 5.41) is 2.81. The Balaban J connectivity index is 1.46. The van der Waals surface area contributed by atoms with Gasteiger partial charge in [-0.25, -0.2) is 0 Å². The van der Waals surface area contributed by atoms with Gasteiger partial charge in [-0.1, -0.05) is 42.5 Å². The summed E-state index contributed by atoms with van der Waals surface area (Å²) in [6.45, 7) is 2.45. The molecule has 1 amide bonds. The van der Waals surface area contributed by atoms with Gasteiger partial charge in [-0.15, -0.1) is 0 Å². The second kappa shape index (κ2) is 8.72. The van der Waals surface area contributed by atoms with Crippen molar-refractivity contribution in [1.82, 2.24) is 0 Å². The molecule has 0 unspecified atom stereocenters. The highest BCUT2D eigenvalue weighted by atomic mass is 16.5. The van der Waals surface area contributed by atoms with Crippen molar-refractivity contribution in [3.05, 3.63) is 90.0 Å². The minimum absolute atomic E-state index is 0.0435. The topological polar surface area (TPSA) is 47.6 Å². The van der Waals surface area contributed by atoms with E-state index in [0.29, 0.717) is 12.4 Å². The number of rotatable bonds is 7. The van der Waals surface area contributed by atoms with Gasteiger partial charge in [0.05, 0.1) is 0 Å². The van der Waals surface area contributed by atoms with Gasteiger partial charge in [-0.3, -0.25) is 4.79 Å². The van der Waals surface area contributed by atoms with E-state index >= 15 is 0 Å². The van der Waals surface area contributed by atoms with E-state index in [9.17, 15) is 4.79 Å². The quantitative estimate of drug-likeness (QED) is 0.680. The van der Waals surface area contributed by atoms with E-state index in [1.807, 2.05) is 73.7 Å². The molecule has 132 valence electrons. The Bertz CT molecular complexity index is 845. The number of carbonyl (C=O) groups excluding carboxylic acids is 1. The first-order chi connectivity index (χ1) is 12.7. The van der Waals surface area contributed by atoms with Crippen LogP contribution in [0, 0.1) is 6.92 Å². The Hall–Kier alpha value is -3.27. The Morgan fingerprint density at radius 3 is 2.23 bits per heavy atom. The molecule has 1 N–H and O–H groups in total. The smallest absolute Gasteiger partial charge is 0.262 e. The molecular weight excluding hydrogens is 326 g/mol. The van der Waals surface area contributed by atoms with Crippen LogP contribution in [-0.2, 0) is 11.4 Å². The number of nitrogens with one attached hydrogen (secondary N) is 1. The second-order valence-corrected chi connectivity index (χ2v) is 5.95. The number of hydrogen-bond donors (Lipinski definition) is 1. The van der Waals surface area contributed by atoms with Gasteiger partial charge in [-0.05, 0) is 54.4 Å². The summed E-state index contributed by atoms with van der Waals surface area (Å²) in [4.78, 5) is 12.0. The summed E-state index contributed by atoms with van der Waals surface area (Å²) < 4.78 is 11.2. The lowest BCUT2D eigenvalue weighted by molar-refractivity contribution is -0.118. The fourth-order valence-corrected chi connectivity index (χ4v) is 2.44. The van der Waals surface area contributed by atoms with Crippen molar-refractivity contribution in [2.75, 3.05) is 11.9 Å². The standard InChI is InChI=1S/C22H21NO3/c1-17-6-5-9-19(14-17)23-22(24)16-26-21-12-10-20(11-13-21)25-15-18-7-3-2-4-8-18/h2-14H,15-16H2,1H3,(H,23,24). The number of anilines is 1. The van der Waals surface area contributed by atoms with Crippen LogP contribution < -0.4 is 14.8 Å². The van der Waals surface area contributed by atoms with Gasteiger partial charge in [-0.2, -0.15) is 0 Å². The fourth-order valence-electron chi connectivity index (χ4n) is 2.44. The minimum Gasteiger partial charge on any atom is -0.489 e. The van der Waals surface area contributed by atoms with Crippen LogP contribution in [0.25, 0.3) is 0 Å². The monoisotopic (exact) mass is 347 g/mol. The van der Waals surface area contributed by atoms with E-state index in [0.717, 1.165) is 22.6 Å². The summed E-state index contributed by atoms with van der Waals surface area (Å²) in [5.74, 6) is 1.18. The molecule has 4 nitrogen and oxygen atoms in total. The van der Waals surface area contributed by atoms with Crippen LogP contribution >= 0.6 is 0 Å². The van der Waals surface area contributed by atoms with Gasteiger partial charge in [0.1, 0.15) is 18.1 Å². The van der Waals surface area contributed by atoms with Crippen LogP contribution in [0.2, 0.25) is 0 Å². The number of carbonyl (C=O) groups is 1. The lowest BCUT2D eigenvalue weighted by Gasteiger charge is -2.09. The van der Waals surface area contributed by atoms with E-state index < -0.39 is 0 Å². The number of benzene rings is 3. The fraction of sp³-hybridized carbons (Fsp3) is 0.136. The average molecular weight is 347 g/mol. The molecule has 0 fully saturated rings. The lowest BCUT2D eigenvalue weighted by atomic mass is 10.2. The van der Waals surface area contributed by atoms with Crippen LogP contribution in [0.3, 0.4) is 0 Å². The summed E-state index contributed by atoms with van der Waals surface area (Å²) in [7, 11) is 0. The van der Waals surface area contributed by atoms with E-state index in [-0.39, 0.29) is 12.5 Å². The third-order valence-electron chi connectivity index (χ3n) is 3.74. The second-order valence-electron chi connectivity index (χ2n) is 5.95. The van der Waals surface area contributed by atoms with Crippen LogP contribution in [0.1, 0.15) is 11.1 Å². The maximum atomic E-state index is 12.0. The summed E-state index contributed by atoms with van der Waals surface area (Å²) in [6.07, 6.45) is 0. The minimum atomic E-state index is -0.194. The lowest BCUT2D eigenvalue weighted by Crippen LogP contribution is -2.20. The first kappa shape index (κ1) is 17.5. The Morgan fingerprint density at radius 2 is 1.54 bits per heavy atom. The number of ether oxygens (including phenoxy) is 2. The van der Waals surface area contributed by atoms with Gasteiger partial charge < -0.3 is 14.8 Å². The van der Waals surface area contributed by atoms with E-state index in [1.54, 1.807) is 12.1 Å². The zero-order chi connectivity index (χ0) is 18.2. The molecule has 0 aromatic heterocycles. The molecule has 0 radical (unpaired) electrons. The van der Waals surface area contributed by atoms with Crippen LogP contribution in [0.4, 0.5) is 5.69 Å². The predicted molar refractivity (Wildman–Crippen MR) is 103 cm³/mol. The largest absolute Gasteiger partial charge is 0.489 e. The third-order valence-corrected chi connectivity index (χ3v) is 3.74. The van der Waals surface area contributed by atoms with Crippen molar-refractivity contribution in [3.63, 3.8) is 0 Å². The summed E-state index contributed by atoms with van der Waals surface area (Å²) in [5.41, 5.74) is 2.97. The van der Waals surface area contributed by atoms with Gasteiger partial charge in [0, 0.05) is 5.69 Å². The normalized spacial score (nSPS) is 10.2. The first-order valence-corrected chi connectivity index (χ1v) is 8.45. The summed E-state index contributed by atoms with van der Waals surface area (Å²) in [6, 6.07) is 24.9. The molecule has 4 heteroatoms. The molecule has 3 aromatic carbocycles. The molecule has 3 rings (SSSR count). The molecule has 0 aliphatic heterocycles. The van der Waals surface area contributed by atoms with E-state index in [1.165, 1.54) is 0 Å². The maximum Gasteiger partial charge on any atom is 0.262 e. The molecule has 0 bridgehead atoms.